The number of carbonyl (C=O) groups excluding carboxylic acids is 2. The SMILES string of the molecule is CC[C@H](C(=O)N[C@@H](C)CC)N(Cc1ccc(Cl)cc1Cl)C(=O)CN(c1cccc(Cl)c1)S(=O)(=O)c1ccc(Cl)cc1. The van der Waals surface area contributed by atoms with E-state index >= 15 is 0 Å². The normalized spacial score (nSPS) is 12.9. The van der Waals surface area contributed by atoms with Crippen molar-refractivity contribution in [2.45, 2.75) is 57.1 Å². The predicted molar refractivity (Wildman–Crippen MR) is 166 cm³/mol. The Labute approximate surface area is 261 Å². The summed E-state index contributed by atoms with van der Waals surface area (Å²) in [6.07, 6.45) is 0.974. The highest BCUT2D eigenvalue weighted by atomic mass is 35.5. The Morgan fingerprint density at radius 2 is 1.49 bits per heavy atom. The van der Waals surface area contributed by atoms with E-state index in [2.05, 4.69) is 5.32 Å². The average Bonchev–Trinajstić information content (AvgIpc) is 2.92. The zero-order valence-electron chi connectivity index (χ0n) is 22.8. The zero-order chi connectivity index (χ0) is 30.3. The van der Waals surface area contributed by atoms with Crippen molar-refractivity contribution >= 4 is 73.9 Å². The Balaban J connectivity index is 2.08. The highest BCUT2D eigenvalue weighted by Gasteiger charge is 2.34. The van der Waals surface area contributed by atoms with Crippen molar-refractivity contribution in [2.75, 3.05) is 10.8 Å². The Bertz CT molecular complexity index is 1490. The first-order valence-corrected chi connectivity index (χ1v) is 15.9. The first-order chi connectivity index (χ1) is 19.4. The van der Waals surface area contributed by atoms with Gasteiger partial charge in [0.1, 0.15) is 12.6 Å². The molecule has 3 aromatic rings. The van der Waals surface area contributed by atoms with Crippen LogP contribution in [0.3, 0.4) is 0 Å². The fourth-order valence-corrected chi connectivity index (χ4v) is 6.27. The molecule has 3 rings (SSSR count). The molecule has 2 atom stereocenters. The number of nitrogens with zero attached hydrogens (tertiary/aromatic N) is 2. The monoisotopic (exact) mass is 657 g/mol. The standard InChI is InChI=1S/C29H31Cl4N3O4S/c1-4-19(3)34-29(38)27(5-2)35(17-20-9-10-23(32)16-26(20)33)28(37)18-36(24-8-6-7-22(31)15-24)41(39,40)25-13-11-21(30)12-14-25/h6-16,19,27H,4-5,17-18H2,1-3H3,(H,34,38)/t19-,27+/m0/s1. The summed E-state index contributed by atoms with van der Waals surface area (Å²) in [4.78, 5) is 28.7. The van der Waals surface area contributed by atoms with E-state index in [0.717, 1.165) is 4.31 Å². The van der Waals surface area contributed by atoms with Gasteiger partial charge in [-0.05, 0) is 79.9 Å². The molecule has 0 aliphatic rings. The van der Waals surface area contributed by atoms with Gasteiger partial charge in [-0.3, -0.25) is 13.9 Å². The van der Waals surface area contributed by atoms with Gasteiger partial charge in [-0.25, -0.2) is 8.42 Å². The minimum absolute atomic E-state index is 0.0500. The van der Waals surface area contributed by atoms with Gasteiger partial charge in [0.2, 0.25) is 11.8 Å². The summed E-state index contributed by atoms with van der Waals surface area (Å²) < 4.78 is 28.7. The largest absolute Gasteiger partial charge is 0.352 e. The smallest absolute Gasteiger partial charge is 0.264 e. The van der Waals surface area contributed by atoms with E-state index in [1.165, 1.54) is 35.2 Å². The lowest BCUT2D eigenvalue weighted by Gasteiger charge is -2.34. The summed E-state index contributed by atoms with van der Waals surface area (Å²) in [5.41, 5.74) is 0.733. The van der Waals surface area contributed by atoms with Crippen LogP contribution in [-0.2, 0) is 26.2 Å². The van der Waals surface area contributed by atoms with Crippen LogP contribution in [0.25, 0.3) is 0 Å². The number of rotatable bonds is 12. The van der Waals surface area contributed by atoms with E-state index in [0.29, 0.717) is 27.1 Å². The number of halogens is 4. The fraction of sp³-hybridized carbons (Fsp3) is 0.310. The molecule has 0 aliphatic heterocycles. The number of sulfonamides is 1. The average molecular weight is 659 g/mol. The molecule has 0 heterocycles. The number of carbonyl (C=O) groups is 2. The molecule has 12 heteroatoms. The van der Waals surface area contributed by atoms with E-state index < -0.39 is 28.5 Å². The van der Waals surface area contributed by atoms with Gasteiger partial charge >= 0.3 is 0 Å². The molecule has 41 heavy (non-hydrogen) atoms. The first kappa shape index (κ1) is 33.0. The summed E-state index contributed by atoms with van der Waals surface area (Å²) >= 11 is 24.7. The predicted octanol–water partition coefficient (Wildman–Crippen LogP) is 7.22. The van der Waals surface area contributed by atoms with Crippen LogP contribution >= 0.6 is 46.4 Å². The third-order valence-corrected chi connectivity index (χ3v) is 9.38. The Kier molecular flexibility index (Phi) is 11.8. The first-order valence-electron chi connectivity index (χ1n) is 12.9. The molecule has 2 amide bonds. The summed E-state index contributed by atoms with van der Waals surface area (Å²) in [5.74, 6) is -0.963. The van der Waals surface area contributed by atoms with Crippen LogP contribution < -0.4 is 9.62 Å². The van der Waals surface area contributed by atoms with Crippen molar-refractivity contribution < 1.29 is 18.0 Å². The quantitative estimate of drug-likeness (QED) is 0.223. The van der Waals surface area contributed by atoms with Crippen LogP contribution in [-0.4, -0.2) is 43.8 Å². The lowest BCUT2D eigenvalue weighted by atomic mass is 10.1. The van der Waals surface area contributed by atoms with Crippen molar-refractivity contribution in [3.63, 3.8) is 0 Å². The van der Waals surface area contributed by atoms with Crippen LogP contribution in [0.4, 0.5) is 5.69 Å². The van der Waals surface area contributed by atoms with E-state index in [1.54, 1.807) is 43.3 Å². The summed E-state index contributed by atoms with van der Waals surface area (Å²) in [7, 11) is -4.25. The van der Waals surface area contributed by atoms with Gasteiger partial charge in [0.25, 0.3) is 10.0 Å². The Morgan fingerprint density at radius 1 is 0.854 bits per heavy atom. The Hall–Kier alpha value is -2.49. The molecule has 0 fully saturated rings. The van der Waals surface area contributed by atoms with Crippen molar-refractivity contribution in [1.82, 2.24) is 10.2 Å². The zero-order valence-corrected chi connectivity index (χ0v) is 26.6. The number of amides is 2. The molecule has 0 saturated heterocycles. The van der Waals surface area contributed by atoms with Gasteiger partial charge in [0.05, 0.1) is 10.6 Å². The van der Waals surface area contributed by atoms with E-state index in [4.69, 9.17) is 46.4 Å². The maximum Gasteiger partial charge on any atom is 0.264 e. The Morgan fingerprint density at radius 3 is 2.07 bits per heavy atom. The van der Waals surface area contributed by atoms with E-state index in [-0.39, 0.29) is 40.5 Å². The molecular formula is C29H31Cl4N3O4S. The van der Waals surface area contributed by atoms with Crippen molar-refractivity contribution in [3.05, 3.63) is 92.4 Å². The van der Waals surface area contributed by atoms with Crippen LogP contribution in [0.15, 0.2) is 71.6 Å². The minimum atomic E-state index is -4.25. The molecule has 7 nitrogen and oxygen atoms in total. The number of hydrogen-bond acceptors (Lipinski definition) is 4. The second-order valence-electron chi connectivity index (χ2n) is 9.44. The molecule has 3 aromatic carbocycles. The molecule has 1 N–H and O–H groups in total. The highest BCUT2D eigenvalue weighted by Crippen LogP contribution is 2.29. The van der Waals surface area contributed by atoms with Crippen molar-refractivity contribution in [2.24, 2.45) is 0 Å². The molecule has 0 unspecified atom stereocenters. The molecule has 0 aliphatic carbocycles. The van der Waals surface area contributed by atoms with Gasteiger partial charge in [0.15, 0.2) is 0 Å². The molecule has 0 radical (unpaired) electrons. The van der Waals surface area contributed by atoms with Gasteiger partial charge < -0.3 is 10.2 Å². The van der Waals surface area contributed by atoms with Crippen molar-refractivity contribution in [1.29, 1.82) is 0 Å². The third kappa shape index (κ3) is 8.52. The second-order valence-corrected chi connectivity index (χ2v) is 13.0. The van der Waals surface area contributed by atoms with E-state index in [9.17, 15) is 18.0 Å². The fourth-order valence-electron chi connectivity index (χ4n) is 4.09. The third-order valence-electron chi connectivity index (χ3n) is 6.52. The summed E-state index contributed by atoms with van der Waals surface area (Å²) in [6.45, 7) is 4.93. The summed E-state index contributed by atoms with van der Waals surface area (Å²) in [5, 5.41) is 4.31. The van der Waals surface area contributed by atoms with Crippen LogP contribution in [0.5, 0.6) is 0 Å². The van der Waals surface area contributed by atoms with Crippen LogP contribution in [0.1, 0.15) is 39.2 Å². The van der Waals surface area contributed by atoms with E-state index in [1.807, 2.05) is 13.8 Å². The van der Waals surface area contributed by atoms with Gasteiger partial charge in [-0.2, -0.15) is 0 Å². The van der Waals surface area contributed by atoms with Crippen LogP contribution in [0, 0.1) is 0 Å². The number of hydrogen-bond donors (Lipinski definition) is 1. The molecule has 0 aromatic heterocycles. The summed E-state index contributed by atoms with van der Waals surface area (Å²) in [6, 6.07) is 15.6. The maximum atomic E-state index is 14.1. The molecule has 0 saturated carbocycles. The van der Waals surface area contributed by atoms with Gasteiger partial charge in [-0.1, -0.05) is 72.4 Å². The minimum Gasteiger partial charge on any atom is -0.352 e. The molecule has 0 bridgehead atoms. The number of anilines is 1. The molecule has 0 spiro atoms. The second kappa shape index (κ2) is 14.6. The maximum absolute atomic E-state index is 14.1. The number of nitrogens with one attached hydrogen (secondary N) is 1. The molecule has 220 valence electrons. The van der Waals surface area contributed by atoms with Gasteiger partial charge in [0, 0.05) is 32.7 Å². The highest BCUT2D eigenvalue weighted by molar-refractivity contribution is 7.92. The van der Waals surface area contributed by atoms with Crippen LogP contribution in [0.2, 0.25) is 20.1 Å². The number of benzene rings is 3. The lowest BCUT2D eigenvalue weighted by Crippen LogP contribution is -2.53. The topological polar surface area (TPSA) is 86.8 Å². The van der Waals surface area contributed by atoms with Gasteiger partial charge in [-0.15, -0.1) is 0 Å². The lowest BCUT2D eigenvalue weighted by molar-refractivity contribution is -0.140. The molecular weight excluding hydrogens is 628 g/mol. The van der Waals surface area contributed by atoms with Crippen molar-refractivity contribution in [3.8, 4) is 0 Å².